The molecule has 3 nitrogen and oxygen atoms in total. The van der Waals surface area contributed by atoms with E-state index < -0.39 is 0 Å². The summed E-state index contributed by atoms with van der Waals surface area (Å²) in [5.41, 5.74) is 11.6. The Morgan fingerprint density at radius 1 is 1.00 bits per heavy atom. The van der Waals surface area contributed by atoms with Crippen LogP contribution < -0.4 is 5.73 Å². The maximum Gasteiger partial charge on any atom is 0.115 e. The molecule has 0 amide bonds. The third kappa shape index (κ3) is 3.12. The number of aromatic nitrogens is 2. The van der Waals surface area contributed by atoms with Crippen molar-refractivity contribution in [3.63, 3.8) is 0 Å². The average molecular weight is 283 g/mol. The van der Waals surface area contributed by atoms with Crippen LogP contribution in [0.4, 0.5) is 5.69 Å². The van der Waals surface area contributed by atoms with Crippen LogP contribution in [0.3, 0.4) is 0 Å². The summed E-state index contributed by atoms with van der Waals surface area (Å²) < 4.78 is 2.12. The highest BCUT2D eigenvalue weighted by molar-refractivity contribution is 5.72. The van der Waals surface area contributed by atoms with Crippen molar-refractivity contribution in [2.75, 3.05) is 5.73 Å². The quantitative estimate of drug-likeness (QED) is 0.816. The third-order valence-corrected chi connectivity index (χ3v) is 4.45. The lowest BCUT2D eigenvalue weighted by molar-refractivity contribution is 0.406. The van der Waals surface area contributed by atoms with Crippen molar-refractivity contribution in [1.82, 2.24) is 9.78 Å². The van der Waals surface area contributed by atoms with E-state index in [4.69, 9.17) is 10.8 Å². The number of anilines is 1. The number of rotatable bonds is 2. The second-order valence-electron chi connectivity index (χ2n) is 6.43. The molecule has 0 radical (unpaired) electrons. The number of hydrogen-bond donors (Lipinski definition) is 1. The molecule has 3 rings (SSSR count). The van der Waals surface area contributed by atoms with E-state index >= 15 is 0 Å². The van der Waals surface area contributed by atoms with Gasteiger partial charge < -0.3 is 5.73 Å². The SMILES string of the molecule is Cc1cc(C)cc(-c2nn(C3CCCCCC3)cc2N)c1. The van der Waals surface area contributed by atoms with Crippen molar-refractivity contribution >= 4 is 5.69 Å². The lowest BCUT2D eigenvalue weighted by Gasteiger charge is -2.14. The molecule has 3 heteroatoms. The number of hydrogen-bond acceptors (Lipinski definition) is 2. The number of nitrogens with zero attached hydrogens (tertiary/aromatic N) is 2. The van der Waals surface area contributed by atoms with Crippen molar-refractivity contribution in [2.24, 2.45) is 0 Å². The number of benzene rings is 1. The van der Waals surface area contributed by atoms with Crippen LogP contribution in [0, 0.1) is 13.8 Å². The van der Waals surface area contributed by atoms with Gasteiger partial charge in [-0.15, -0.1) is 0 Å². The number of nitrogens with two attached hydrogens (primary N) is 1. The molecule has 0 spiro atoms. The minimum atomic E-state index is 0.523. The first-order valence-electron chi connectivity index (χ1n) is 8.07. The van der Waals surface area contributed by atoms with Crippen molar-refractivity contribution in [3.05, 3.63) is 35.5 Å². The van der Waals surface area contributed by atoms with Gasteiger partial charge in [-0.3, -0.25) is 4.68 Å². The summed E-state index contributed by atoms with van der Waals surface area (Å²) in [4.78, 5) is 0. The highest BCUT2D eigenvalue weighted by atomic mass is 15.3. The summed E-state index contributed by atoms with van der Waals surface area (Å²) in [7, 11) is 0. The second-order valence-corrected chi connectivity index (χ2v) is 6.43. The fourth-order valence-electron chi connectivity index (χ4n) is 3.45. The van der Waals surface area contributed by atoms with Gasteiger partial charge >= 0.3 is 0 Å². The standard InChI is InChI=1S/C18H25N3/c1-13-9-14(2)11-15(10-13)18-17(19)12-21(20-18)16-7-5-3-4-6-8-16/h9-12,16H,3-8,19H2,1-2H3. The Hall–Kier alpha value is -1.77. The van der Waals surface area contributed by atoms with Crippen LogP contribution in [-0.4, -0.2) is 9.78 Å². The topological polar surface area (TPSA) is 43.8 Å². The average Bonchev–Trinajstić information content (AvgIpc) is 2.65. The minimum absolute atomic E-state index is 0.523. The van der Waals surface area contributed by atoms with Crippen molar-refractivity contribution in [2.45, 2.75) is 58.4 Å². The van der Waals surface area contributed by atoms with E-state index in [-0.39, 0.29) is 0 Å². The van der Waals surface area contributed by atoms with E-state index in [1.165, 1.54) is 49.7 Å². The maximum absolute atomic E-state index is 6.24. The van der Waals surface area contributed by atoms with Crippen molar-refractivity contribution in [1.29, 1.82) is 0 Å². The molecule has 1 aliphatic carbocycles. The number of nitrogen functional groups attached to an aromatic ring is 1. The highest BCUT2D eigenvalue weighted by Gasteiger charge is 2.17. The molecule has 21 heavy (non-hydrogen) atoms. The van der Waals surface area contributed by atoms with Gasteiger partial charge in [0.2, 0.25) is 0 Å². The molecule has 1 aliphatic rings. The summed E-state index contributed by atoms with van der Waals surface area (Å²) in [6.07, 6.45) is 9.82. The summed E-state index contributed by atoms with van der Waals surface area (Å²) in [5, 5.41) is 4.82. The molecule has 1 saturated carbocycles. The van der Waals surface area contributed by atoms with E-state index in [0.717, 1.165) is 16.9 Å². The fraction of sp³-hybridized carbons (Fsp3) is 0.500. The van der Waals surface area contributed by atoms with Gasteiger partial charge in [0.1, 0.15) is 5.69 Å². The first-order valence-corrected chi connectivity index (χ1v) is 8.07. The Morgan fingerprint density at radius 3 is 2.24 bits per heavy atom. The van der Waals surface area contributed by atoms with Crippen LogP contribution in [0.25, 0.3) is 11.3 Å². The lowest BCUT2D eigenvalue weighted by atomic mass is 10.0. The Balaban J connectivity index is 1.93. The second kappa shape index (κ2) is 5.92. The molecule has 0 saturated heterocycles. The summed E-state index contributed by atoms with van der Waals surface area (Å²) in [6.45, 7) is 4.24. The Bertz CT molecular complexity index is 599. The van der Waals surface area contributed by atoms with Crippen LogP contribution in [0.15, 0.2) is 24.4 Å². The van der Waals surface area contributed by atoms with Gasteiger partial charge in [-0.1, -0.05) is 42.9 Å². The van der Waals surface area contributed by atoms with Gasteiger partial charge in [0.25, 0.3) is 0 Å². The molecule has 0 unspecified atom stereocenters. The van der Waals surface area contributed by atoms with Crippen molar-refractivity contribution in [3.8, 4) is 11.3 Å². The molecule has 2 aromatic rings. The zero-order chi connectivity index (χ0) is 14.8. The molecule has 2 N–H and O–H groups in total. The minimum Gasteiger partial charge on any atom is -0.396 e. The Kier molecular flexibility index (Phi) is 4.00. The van der Waals surface area contributed by atoms with E-state index in [0.29, 0.717) is 6.04 Å². The van der Waals surface area contributed by atoms with Gasteiger partial charge in [0, 0.05) is 11.8 Å². The predicted molar refractivity (Wildman–Crippen MR) is 88.3 cm³/mol. The monoisotopic (exact) mass is 283 g/mol. The van der Waals surface area contributed by atoms with Gasteiger partial charge in [-0.2, -0.15) is 5.10 Å². The summed E-state index contributed by atoms with van der Waals surface area (Å²) >= 11 is 0. The smallest absolute Gasteiger partial charge is 0.115 e. The van der Waals surface area contributed by atoms with Gasteiger partial charge in [0.15, 0.2) is 0 Å². The molecule has 1 heterocycles. The third-order valence-electron chi connectivity index (χ3n) is 4.45. The number of aryl methyl sites for hydroxylation is 2. The largest absolute Gasteiger partial charge is 0.396 e. The Morgan fingerprint density at radius 2 is 1.62 bits per heavy atom. The van der Waals surface area contributed by atoms with Crippen LogP contribution in [0.1, 0.15) is 55.7 Å². The maximum atomic E-state index is 6.24. The van der Waals surface area contributed by atoms with E-state index in [1.807, 2.05) is 6.20 Å². The van der Waals surface area contributed by atoms with Gasteiger partial charge in [0.05, 0.1) is 11.7 Å². The highest BCUT2D eigenvalue weighted by Crippen LogP contribution is 2.31. The van der Waals surface area contributed by atoms with Gasteiger partial charge in [-0.25, -0.2) is 0 Å². The molecule has 1 fully saturated rings. The van der Waals surface area contributed by atoms with Crippen molar-refractivity contribution < 1.29 is 0 Å². The van der Waals surface area contributed by atoms with E-state index in [1.54, 1.807) is 0 Å². The molecule has 0 atom stereocenters. The van der Waals surface area contributed by atoms with E-state index in [9.17, 15) is 0 Å². The molecule has 1 aromatic carbocycles. The molecule has 0 aliphatic heterocycles. The molecule has 1 aromatic heterocycles. The molecular formula is C18H25N3. The molecule has 112 valence electrons. The van der Waals surface area contributed by atoms with Crippen LogP contribution in [-0.2, 0) is 0 Å². The normalized spacial score (nSPS) is 16.9. The van der Waals surface area contributed by atoms with Gasteiger partial charge in [-0.05, 0) is 38.8 Å². The lowest BCUT2D eigenvalue weighted by Crippen LogP contribution is -2.08. The predicted octanol–water partition coefficient (Wildman–Crippen LogP) is 4.64. The Labute approximate surface area is 127 Å². The first-order chi connectivity index (χ1) is 10.1. The fourth-order valence-corrected chi connectivity index (χ4v) is 3.45. The molecule has 0 bridgehead atoms. The van der Waals surface area contributed by atoms with Crippen LogP contribution in [0.5, 0.6) is 0 Å². The first kappa shape index (κ1) is 14.2. The van der Waals surface area contributed by atoms with Crippen LogP contribution in [0.2, 0.25) is 0 Å². The summed E-state index contributed by atoms with van der Waals surface area (Å²) in [5.74, 6) is 0. The summed E-state index contributed by atoms with van der Waals surface area (Å²) in [6, 6.07) is 7.04. The zero-order valence-corrected chi connectivity index (χ0v) is 13.1. The van der Waals surface area contributed by atoms with Crippen LogP contribution >= 0.6 is 0 Å². The zero-order valence-electron chi connectivity index (χ0n) is 13.1. The molecular weight excluding hydrogens is 258 g/mol. The van der Waals surface area contributed by atoms with E-state index in [2.05, 4.69) is 36.7 Å².